The van der Waals surface area contributed by atoms with Crippen LogP contribution in [0.3, 0.4) is 0 Å². The summed E-state index contributed by atoms with van der Waals surface area (Å²) in [6, 6.07) is 11.3. The molecule has 0 bridgehead atoms. The summed E-state index contributed by atoms with van der Waals surface area (Å²) < 4.78 is 39.7. The summed E-state index contributed by atoms with van der Waals surface area (Å²) in [5.74, 6) is 5.00. The predicted molar refractivity (Wildman–Crippen MR) is 79.6 cm³/mol. The van der Waals surface area contributed by atoms with Gasteiger partial charge in [-0.15, -0.1) is 0 Å². The van der Waals surface area contributed by atoms with Gasteiger partial charge in [-0.3, -0.25) is 4.72 Å². The van der Waals surface area contributed by atoms with Crippen LogP contribution < -0.4 is 10.5 Å². The number of benzene rings is 2. The third-order valence-corrected chi connectivity index (χ3v) is 3.95. The number of halogens is 1. The minimum absolute atomic E-state index is 0.0793. The Kier molecular flexibility index (Phi) is 4.58. The largest absolute Gasteiger partial charge is 0.320 e. The van der Waals surface area contributed by atoms with Gasteiger partial charge >= 0.3 is 0 Å². The summed E-state index contributed by atoms with van der Waals surface area (Å²) in [6.45, 7) is 0.199. The van der Waals surface area contributed by atoms with Crippen molar-refractivity contribution in [3.05, 3.63) is 59.9 Å². The van der Waals surface area contributed by atoms with Crippen molar-refractivity contribution in [2.45, 2.75) is 4.90 Å². The minimum Gasteiger partial charge on any atom is -0.320 e. The maximum absolute atomic E-state index is 12.8. The van der Waals surface area contributed by atoms with E-state index in [-0.39, 0.29) is 17.1 Å². The lowest BCUT2D eigenvalue weighted by Crippen LogP contribution is -2.13. The minimum atomic E-state index is -3.75. The van der Waals surface area contributed by atoms with E-state index in [1.54, 1.807) is 12.1 Å². The Labute approximate surface area is 122 Å². The normalized spacial score (nSPS) is 10.6. The Morgan fingerprint density at radius 2 is 1.86 bits per heavy atom. The van der Waals surface area contributed by atoms with Gasteiger partial charge in [-0.25, -0.2) is 12.8 Å². The highest BCUT2D eigenvalue weighted by Crippen LogP contribution is 2.17. The van der Waals surface area contributed by atoms with Crippen molar-refractivity contribution < 1.29 is 12.8 Å². The highest BCUT2D eigenvalue weighted by Gasteiger charge is 2.14. The van der Waals surface area contributed by atoms with E-state index in [0.717, 1.165) is 0 Å². The third kappa shape index (κ3) is 4.05. The SMILES string of the molecule is NCC#Cc1cccc(S(=O)(=O)Nc2ccc(F)cc2)c1. The molecule has 108 valence electrons. The molecule has 0 radical (unpaired) electrons. The molecular formula is C15H13FN2O2S. The molecule has 0 amide bonds. The zero-order chi connectivity index (χ0) is 15.3. The average molecular weight is 304 g/mol. The van der Waals surface area contributed by atoms with Crippen LogP contribution in [0.5, 0.6) is 0 Å². The third-order valence-electron chi connectivity index (χ3n) is 2.58. The van der Waals surface area contributed by atoms with Crippen LogP contribution >= 0.6 is 0 Å². The Morgan fingerprint density at radius 3 is 2.52 bits per heavy atom. The second-order valence-electron chi connectivity index (χ2n) is 4.15. The van der Waals surface area contributed by atoms with Gasteiger partial charge < -0.3 is 5.73 Å². The van der Waals surface area contributed by atoms with Gasteiger partial charge in [-0.05, 0) is 42.5 Å². The maximum Gasteiger partial charge on any atom is 0.261 e. The lowest BCUT2D eigenvalue weighted by molar-refractivity contribution is 0.601. The molecule has 2 aromatic rings. The molecule has 0 heterocycles. The van der Waals surface area contributed by atoms with E-state index in [0.29, 0.717) is 5.56 Å². The van der Waals surface area contributed by atoms with Crippen molar-refractivity contribution in [2.75, 3.05) is 11.3 Å². The number of anilines is 1. The predicted octanol–water partition coefficient (Wildman–Crippen LogP) is 1.94. The second-order valence-corrected chi connectivity index (χ2v) is 5.83. The molecule has 0 unspecified atom stereocenters. The molecule has 0 fully saturated rings. The Bertz CT molecular complexity index is 790. The summed E-state index contributed by atoms with van der Waals surface area (Å²) in [7, 11) is -3.75. The molecule has 0 saturated heterocycles. The van der Waals surface area contributed by atoms with E-state index in [4.69, 9.17) is 5.73 Å². The van der Waals surface area contributed by atoms with Gasteiger partial charge in [-0.2, -0.15) is 0 Å². The van der Waals surface area contributed by atoms with Crippen molar-refractivity contribution in [3.63, 3.8) is 0 Å². The van der Waals surface area contributed by atoms with E-state index >= 15 is 0 Å². The van der Waals surface area contributed by atoms with E-state index in [9.17, 15) is 12.8 Å². The lowest BCUT2D eigenvalue weighted by atomic mass is 10.2. The van der Waals surface area contributed by atoms with Crippen LogP contribution in [0.2, 0.25) is 0 Å². The number of sulfonamides is 1. The van der Waals surface area contributed by atoms with Crippen molar-refractivity contribution in [1.82, 2.24) is 0 Å². The summed E-state index contributed by atoms with van der Waals surface area (Å²) in [5, 5.41) is 0. The van der Waals surface area contributed by atoms with Crippen molar-refractivity contribution in [1.29, 1.82) is 0 Å². The summed E-state index contributed by atoms with van der Waals surface area (Å²) in [6.07, 6.45) is 0. The zero-order valence-corrected chi connectivity index (χ0v) is 11.8. The Balaban J connectivity index is 2.29. The van der Waals surface area contributed by atoms with E-state index < -0.39 is 15.8 Å². The molecule has 0 atom stereocenters. The van der Waals surface area contributed by atoms with Crippen LogP contribution in [0.15, 0.2) is 53.4 Å². The first-order chi connectivity index (χ1) is 10.0. The highest BCUT2D eigenvalue weighted by molar-refractivity contribution is 7.92. The van der Waals surface area contributed by atoms with Gasteiger partial charge in [-0.1, -0.05) is 17.9 Å². The van der Waals surface area contributed by atoms with Gasteiger partial charge in [0.15, 0.2) is 0 Å². The maximum atomic E-state index is 12.8. The first-order valence-electron chi connectivity index (χ1n) is 6.09. The molecule has 6 heteroatoms. The first kappa shape index (κ1) is 15.0. The van der Waals surface area contributed by atoms with E-state index in [2.05, 4.69) is 16.6 Å². The number of nitrogens with two attached hydrogens (primary N) is 1. The Morgan fingerprint density at radius 1 is 1.14 bits per heavy atom. The summed E-state index contributed by atoms with van der Waals surface area (Å²) in [5.41, 5.74) is 6.12. The smallest absolute Gasteiger partial charge is 0.261 e. The van der Waals surface area contributed by atoms with Crippen molar-refractivity contribution in [3.8, 4) is 11.8 Å². The number of hydrogen-bond donors (Lipinski definition) is 2. The van der Waals surface area contributed by atoms with Gasteiger partial charge in [0.05, 0.1) is 11.4 Å². The Hall–Kier alpha value is -2.36. The van der Waals surface area contributed by atoms with Crippen LogP contribution in [-0.4, -0.2) is 15.0 Å². The van der Waals surface area contributed by atoms with Gasteiger partial charge in [0, 0.05) is 11.3 Å². The molecule has 3 N–H and O–H groups in total. The van der Waals surface area contributed by atoms with Crippen molar-refractivity contribution >= 4 is 15.7 Å². The second kappa shape index (κ2) is 6.39. The fourth-order valence-corrected chi connectivity index (χ4v) is 2.73. The molecule has 4 nitrogen and oxygen atoms in total. The molecule has 0 saturated carbocycles. The van der Waals surface area contributed by atoms with Crippen LogP contribution in [-0.2, 0) is 10.0 Å². The van der Waals surface area contributed by atoms with Crippen LogP contribution in [0.4, 0.5) is 10.1 Å². The number of nitrogens with one attached hydrogen (secondary N) is 1. The van der Waals surface area contributed by atoms with Crippen molar-refractivity contribution in [2.24, 2.45) is 5.73 Å². The topological polar surface area (TPSA) is 72.2 Å². The van der Waals surface area contributed by atoms with E-state index in [1.165, 1.54) is 36.4 Å². The fourth-order valence-electron chi connectivity index (χ4n) is 1.63. The molecule has 2 rings (SSSR count). The zero-order valence-electron chi connectivity index (χ0n) is 11.0. The monoisotopic (exact) mass is 304 g/mol. The van der Waals surface area contributed by atoms with Crippen LogP contribution in [0, 0.1) is 17.7 Å². The van der Waals surface area contributed by atoms with Gasteiger partial charge in [0.25, 0.3) is 10.0 Å². The molecule has 0 aromatic heterocycles. The van der Waals surface area contributed by atoms with E-state index in [1.807, 2.05) is 0 Å². The molecule has 0 aliphatic carbocycles. The molecule has 0 aliphatic heterocycles. The van der Waals surface area contributed by atoms with Gasteiger partial charge in [0.2, 0.25) is 0 Å². The number of rotatable bonds is 3. The number of hydrogen-bond acceptors (Lipinski definition) is 3. The fraction of sp³-hybridized carbons (Fsp3) is 0.0667. The first-order valence-corrected chi connectivity index (χ1v) is 7.57. The molecular weight excluding hydrogens is 291 g/mol. The standard InChI is InChI=1S/C15H13FN2O2S/c16-13-6-8-14(9-7-13)18-21(19,20)15-5-1-3-12(11-15)4-2-10-17/h1,3,5-9,11,18H,10,17H2. The lowest BCUT2D eigenvalue weighted by Gasteiger charge is -2.08. The van der Waals surface area contributed by atoms with Crippen LogP contribution in [0.25, 0.3) is 0 Å². The summed E-state index contributed by atoms with van der Waals surface area (Å²) in [4.78, 5) is 0.0793. The molecule has 0 spiro atoms. The molecule has 21 heavy (non-hydrogen) atoms. The van der Waals surface area contributed by atoms with Crippen LogP contribution in [0.1, 0.15) is 5.56 Å². The quantitative estimate of drug-likeness (QED) is 0.851. The molecule has 2 aromatic carbocycles. The highest BCUT2D eigenvalue weighted by atomic mass is 32.2. The summed E-state index contributed by atoms with van der Waals surface area (Å²) >= 11 is 0. The molecule has 0 aliphatic rings. The van der Waals surface area contributed by atoms with Gasteiger partial charge in [0.1, 0.15) is 5.82 Å². The average Bonchev–Trinajstić information content (AvgIpc) is 2.48.